The first-order valence-corrected chi connectivity index (χ1v) is 13.0. The predicted molar refractivity (Wildman–Crippen MR) is 133 cm³/mol. The van der Waals surface area contributed by atoms with Gasteiger partial charge in [-0.25, -0.2) is 4.39 Å². The molecule has 0 aromatic heterocycles. The van der Waals surface area contributed by atoms with Gasteiger partial charge in [-0.1, -0.05) is 19.9 Å². The Balaban J connectivity index is 1.91. The maximum absolute atomic E-state index is 13.2. The topological polar surface area (TPSA) is 104 Å². The molecule has 0 spiro atoms. The van der Waals surface area contributed by atoms with Crippen LogP contribution in [-0.2, 0) is 11.0 Å². The predicted octanol–water partition coefficient (Wildman–Crippen LogP) is 6.04. The first-order chi connectivity index (χ1) is 16.4. The van der Waals surface area contributed by atoms with Gasteiger partial charge in [-0.15, -0.1) is 0 Å². The molecular formula is C27H30FO6P. The summed E-state index contributed by atoms with van der Waals surface area (Å²) in [5.74, 6) is -0.634. The third kappa shape index (κ3) is 5.64. The molecule has 3 aromatic carbocycles. The molecule has 3 aromatic rings. The Morgan fingerprint density at radius 1 is 0.971 bits per heavy atom. The largest absolute Gasteiger partial charge is 0.507 e. The van der Waals surface area contributed by atoms with E-state index >= 15 is 0 Å². The maximum atomic E-state index is 13.2. The Hall–Kier alpha value is -2.99. The Labute approximate surface area is 204 Å². The van der Waals surface area contributed by atoms with Gasteiger partial charge >= 0.3 is 7.60 Å². The average Bonchev–Trinajstić information content (AvgIpc) is 2.80. The number of carbonyl (C=O) groups is 1. The summed E-state index contributed by atoms with van der Waals surface area (Å²) in [5.41, 5.74) is 3.89. The van der Waals surface area contributed by atoms with Gasteiger partial charge in [0.1, 0.15) is 17.3 Å². The number of hydrogen-bond donors (Lipinski definition) is 3. The first kappa shape index (κ1) is 26.6. The Kier molecular flexibility index (Phi) is 7.85. The van der Waals surface area contributed by atoms with Crippen molar-refractivity contribution in [3.8, 4) is 11.5 Å². The third-order valence-electron chi connectivity index (χ3n) is 6.41. The van der Waals surface area contributed by atoms with E-state index in [4.69, 9.17) is 4.74 Å². The van der Waals surface area contributed by atoms with Crippen LogP contribution in [0.5, 0.6) is 11.5 Å². The molecule has 0 amide bonds. The fourth-order valence-electron chi connectivity index (χ4n) is 4.21. The molecule has 0 fully saturated rings. The van der Waals surface area contributed by atoms with Crippen LogP contribution in [-0.4, -0.2) is 26.0 Å². The zero-order chi connectivity index (χ0) is 26.0. The van der Waals surface area contributed by atoms with Crippen molar-refractivity contribution in [3.63, 3.8) is 0 Å². The second-order valence-corrected chi connectivity index (χ2v) is 10.6. The van der Waals surface area contributed by atoms with Crippen molar-refractivity contribution in [1.82, 2.24) is 0 Å². The van der Waals surface area contributed by atoms with E-state index in [-0.39, 0.29) is 29.7 Å². The van der Waals surface area contributed by atoms with E-state index in [1.165, 1.54) is 30.3 Å². The lowest BCUT2D eigenvalue weighted by Gasteiger charge is -2.33. The quantitative estimate of drug-likeness (QED) is 0.244. The van der Waals surface area contributed by atoms with Crippen LogP contribution in [0.1, 0.15) is 64.9 Å². The van der Waals surface area contributed by atoms with E-state index in [1.54, 1.807) is 38.1 Å². The smallest absolute Gasteiger partial charge is 0.368 e. The summed E-state index contributed by atoms with van der Waals surface area (Å²) in [5, 5.41) is 8.69. The van der Waals surface area contributed by atoms with Gasteiger partial charge in [0.25, 0.3) is 0 Å². The number of ketones is 1. The van der Waals surface area contributed by atoms with Crippen molar-refractivity contribution < 1.29 is 33.4 Å². The van der Waals surface area contributed by atoms with Crippen LogP contribution < -0.4 is 4.74 Å². The minimum atomic E-state index is -4.52. The summed E-state index contributed by atoms with van der Waals surface area (Å²) in [6, 6.07) is 13.5. The molecule has 0 unspecified atom stereocenters. The number of halogens is 1. The Morgan fingerprint density at radius 3 is 2.06 bits per heavy atom. The second-order valence-electron chi connectivity index (χ2n) is 8.70. The van der Waals surface area contributed by atoms with Crippen LogP contribution in [0.15, 0.2) is 54.6 Å². The summed E-state index contributed by atoms with van der Waals surface area (Å²) in [6.45, 7) is 7.15. The van der Waals surface area contributed by atoms with Gasteiger partial charge in [0.2, 0.25) is 5.34 Å². The minimum Gasteiger partial charge on any atom is -0.507 e. The van der Waals surface area contributed by atoms with E-state index in [0.717, 1.165) is 22.3 Å². The SMILES string of the molecule is CCC(CC)(Oc1cc(C)c(Cc2ccc(O)c(C(=O)c3ccc(F)cc3)c2)c(C)c1)P(=O)(O)O. The standard InChI is InChI=1S/C27H30FO6P/c1-5-27(6-2,35(31,32)33)34-22-13-17(3)23(18(4)14-22)15-19-7-12-25(29)24(16-19)26(30)20-8-10-21(28)11-9-20/h7-14,16,29H,5-6,15H2,1-4H3,(H2,31,32,33). The van der Waals surface area contributed by atoms with Crippen molar-refractivity contribution in [2.24, 2.45) is 0 Å². The van der Waals surface area contributed by atoms with E-state index in [9.17, 15) is 28.6 Å². The molecule has 3 N–H and O–H groups in total. The van der Waals surface area contributed by atoms with E-state index < -0.39 is 24.5 Å². The fourth-order valence-corrected chi connectivity index (χ4v) is 5.26. The Bertz CT molecular complexity index is 1250. The highest BCUT2D eigenvalue weighted by Gasteiger charge is 2.46. The Morgan fingerprint density at radius 2 is 1.54 bits per heavy atom. The molecule has 6 nitrogen and oxygen atoms in total. The second kappa shape index (κ2) is 10.3. The highest BCUT2D eigenvalue weighted by atomic mass is 31.2. The first-order valence-electron chi connectivity index (χ1n) is 11.4. The molecule has 0 aliphatic heterocycles. The lowest BCUT2D eigenvalue weighted by molar-refractivity contribution is 0.103. The average molecular weight is 501 g/mol. The van der Waals surface area contributed by atoms with E-state index in [0.29, 0.717) is 12.2 Å². The molecule has 0 aliphatic carbocycles. The van der Waals surface area contributed by atoms with Crippen molar-refractivity contribution in [2.75, 3.05) is 0 Å². The van der Waals surface area contributed by atoms with Crippen molar-refractivity contribution in [1.29, 1.82) is 0 Å². The number of aryl methyl sites for hydroxylation is 2. The summed E-state index contributed by atoms with van der Waals surface area (Å²) < 4.78 is 31.2. The highest BCUT2D eigenvalue weighted by Crippen LogP contribution is 2.55. The molecule has 35 heavy (non-hydrogen) atoms. The summed E-state index contributed by atoms with van der Waals surface area (Å²) in [6.07, 6.45) is 0.783. The highest BCUT2D eigenvalue weighted by molar-refractivity contribution is 7.53. The number of phenols is 1. The van der Waals surface area contributed by atoms with Crippen LogP contribution in [0.3, 0.4) is 0 Å². The molecule has 0 saturated carbocycles. The summed E-state index contributed by atoms with van der Waals surface area (Å²) >= 11 is 0. The van der Waals surface area contributed by atoms with Crippen molar-refractivity contribution in [2.45, 2.75) is 52.3 Å². The van der Waals surface area contributed by atoms with Gasteiger partial charge < -0.3 is 19.6 Å². The minimum absolute atomic E-state index is 0.127. The molecule has 0 bridgehead atoms. The molecular weight excluding hydrogens is 470 g/mol. The van der Waals surface area contributed by atoms with Gasteiger partial charge in [0, 0.05) is 5.56 Å². The summed E-state index contributed by atoms with van der Waals surface area (Å²) in [7, 11) is -4.52. The lowest BCUT2D eigenvalue weighted by atomic mass is 9.93. The lowest BCUT2D eigenvalue weighted by Crippen LogP contribution is -2.34. The van der Waals surface area contributed by atoms with Crippen molar-refractivity contribution >= 4 is 13.4 Å². The zero-order valence-corrected chi connectivity index (χ0v) is 21.1. The fraction of sp³-hybridized carbons (Fsp3) is 0.296. The molecule has 8 heteroatoms. The third-order valence-corrected chi connectivity index (χ3v) is 8.19. The summed E-state index contributed by atoms with van der Waals surface area (Å²) in [4.78, 5) is 32.6. The van der Waals surface area contributed by atoms with E-state index in [2.05, 4.69) is 0 Å². The van der Waals surface area contributed by atoms with Crippen LogP contribution >= 0.6 is 7.60 Å². The molecule has 0 aliphatic rings. The number of carbonyl (C=O) groups excluding carboxylic acids is 1. The maximum Gasteiger partial charge on any atom is 0.368 e. The van der Waals surface area contributed by atoms with Crippen molar-refractivity contribution in [3.05, 3.63) is 93.8 Å². The van der Waals surface area contributed by atoms with Crippen LogP contribution in [0.2, 0.25) is 0 Å². The molecule has 0 heterocycles. The number of phenolic OH excluding ortho intramolecular Hbond substituents is 1. The number of aromatic hydroxyl groups is 1. The van der Waals surface area contributed by atoms with Gasteiger partial charge in [-0.2, -0.15) is 0 Å². The molecule has 0 atom stereocenters. The van der Waals surface area contributed by atoms with Gasteiger partial charge in [-0.3, -0.25) is 9.36 Å². The monoisotopic (exact) mass is 500 g/mol. The number of hydrogen-bond acceptors (Lipinski definition) is 4. The van der Waals surface area contributed by atoms with Crippen LogP contribution in [0, 0.1) is 19.7 Å². The van der Waals surface area contributed by atoms with Crippen LogP contribution in [0.4, 0.5) is 4.39 Å². The molecule has 3 rings (SSSR count). The van der Waals surface area contributed by atoms with Gasteiger partial charge in [-0.05, 0) is 104 Å². The number of benzene rings is 3. The molecule has 0 radical (unpaired) electrons. The normalized spacial score (nSPS) is 12.0. The van der Waals surface area contributed by atoms with E-state index in [1.807, 2.05) is 13.8 Å². The molecule has 186 valence electrons. The number of rotatable bonds is 9. The zero-order valence-electron chi connectivity index (χ0n) is 20.2. The van der Waals surface area contributed by atoms with Gasteiger partial charge in [0.05, 0.1) is 5.56 Å². The molecule has 0 saturated heterocycles. The van der Waals surface area contributed by atoms with Gasteiger partial charge in [0.15, 0.2) is 5.78 Å². The number of ether oxygens (including phenoxy) is 1. The van der Waals surface area contributed by atoms with Crippen LogP contribution in [0.25, 0.3) is 0 Å².